The topological polar surface area (TPSA) is 40.5 Å². The van der Waals surface area contributed by atoms with Crippen LogP contribution < -0.4 is 4.90 Å². The molecule has 0 saturated carbocycles. The van der Waals surface area contributed by atoms with E-state index in [0.717, 1.165) is 44.0 Å². The molecular weight excluding hydrogens is 269 g/mol. The van der Waals surface area contributed by atoms with Crippen molar-refractivity contribution < 1.29 is 14.3 Å². The molecule has 0 aliphatic carbocycles. The van der Waals surface area contributed by atoms with Crippen molar-refractivity contribution >= 4 is 17.7 Å². The van der Waals surface area contributed by atoms with E-state index in [-0.39, 0.29) is 5.82 Å². The highest BCUT2D eigenvalue weighted by Crippen LogP contribution is 2.32. The number of carboxylic acids is 1. The molecule has 2 rings (SSSR count). The van der Waals surface area contributed by atoms with E-state index in [0.29, 0.717) is 11.6 Å². The van der Waals surface area contributed by atoms with Crippen LogP contribution in [0.4, 0.5) is 10.1 Å². The molecule has 0 bridgehead atoms. The summed E-state index contributed by atoms with van der Waals surface area (Å²) in [5.74, 6) is -1.43. The quantitative estimate of drug-likeness (QED) is 0.831. The zero-order chi connectivity index (χ0) is 15.2. The largest absolute Gasteiger partial charge is 0.478 e. The van der Waals surface area contributed by atoms with Gasteiger partial charge in [-0.3, -0.25) is 0 Å². The second-order valence-electron chi connectivity index (χ2n) is 5.48. The molecule has 21 heavy (non-hydrogen) atoms. The lowest BCUT2D eigenvalue weighted by atomic mass is 9.96. The molecule has 0 radical (unpaired) electrons. The van der Waals surface area contributed by atoms with Crippen LogP contribution in [-0.4, -0.2) is 23.7 Å². The summed E-state index contributed by atoms with van der Waals surface area (Å²) < 4.78 is 14.1. The summed E-state index contributed by atoms with van der Waals surface area (Å²) in [4.78, 5) is 13.0. The third-order valence-electron chi connectivity index (χ3n) is 3.98. The third-order valence-corrected chi connectivity index (χ3v) is 3.98. The standard InChI is InChI=1S/C17H22FNO2/c1-2-6-13-7-3-4-12-19(13)16-9-5-8-15(18)14(16)10-11-17(20)21/h5,8-11,13H,2-4,6-7,12H2,1H3,(H,20,21)/b11-10+. The minimum absolute atomic E-state index is 0.370. The summed E-state index contributed by atoms with van der Waals surface area (Å²) in [5.41, 5.74) is 1.19. The summed E-state index contributed by atoms with van der Waals surface area (Å²) in [6, 6.07) is 5.38. The Balaban J connectivity index is 2.37. The summed E-state index contributed by atoms with van der Waals surface area (Å²) in [7, 11) is 0. The van der Waals surface area contributed by atoms with Crippen LogP contribution in [0.15, 0.2) is 24.3 Å². The monoisotopic (exact) mass is 291 g/mol. The number of hydrogen-bond acceptors (Lipinski definition) is 2. The fourth-order valence-electron chi connectivity index (χ4n) is 3.05. The first-order valence-electron chi connectivity index (χ1n) is 7.59. The second kappa shape index (κ2) is 7.25. The van der Waals surface area contributed by atoms with Crippen LogP contribution >= 0.6 is 0 Å². The number of piperidine rings is 1. The molecule has 114 valence electrons. The van der Waals surface area contributed by atoms with Crippen LogP contribution in [0.5, 0.6) is 0 Å². The Bertz CT molecular complexity index is 526. The van der Waals surface area contributed by atoms with Crippen molar-refractivity contribution in [2.24, 2.45) is 0 Å². The smallest absolute Gasteiger partial charge is 0.328 e. The highest BCUT2D eigenvalue weighted by molar-refractivity contribution is 5.87. The van der Waals surface area contributed by atoms with Gasteiger partial charge in [0.05, 0.1) is 0 Å². The van der Waals surface area contributed by atoms with E-state index in [1.165, 1.54) is 18.6 Å². The van der Waals surface area contributed by atoms with Gasteiger partial charge >= 0.3 is 5.97 Å². The van der Waals surface area contributed by atoms with Gasteiger partial charge in [-0.1, -0.05) is 19.4 Å². The first kappa shape index (κ1) is 15.5. The van der Waals surface area contributed by atoms with Gasteiger partial charge in [0.15, 0.2) is 0 Å². The summed E-state index contributed by atoms with van der Waals surface area (Å²) in [5, 5.41) is 8.78. The van der Waals surface area contributed by atoms with Gasteiger partial charge < -0.3 is 10.0 Å². The molecule has 1 aromatic carbocycles. The highest BCUT2D eigenvalue weighted by atomic mass is 19.1. The molecule has 0 amide bonds. The molecule has 1 heterocycles. The van der Waals surface area contributed by atoms with Crippen molar-refractivity contribution in [3.63, 3.8) is 0 Å². The molecule has 0 spiro atoms. The van der Waals surface area contributed by atoms with Crippen LogP contribution in [0.1, 0.15) is 44.6 Å². The molecule has 1 saturated heterocycles. The number of nitrogens with zero attached hydrogens (tertiary/aromatic N) is 1. The second-order valence-corrected chi connectivity index (χ2v) is 5.48. The van der Waals surface area contributed by atoms with E-state index in [2.05, 4.69) is 11.8 Å². The van der Waals surface area contributed by atoms with E-state index >= 15 is 0 Å². The molecule has 1 aliphatic heterocycles. The van der Waals surface area contributed by atoms with Crippen molar-refractivity contribution in [2.45, 2.75) is 45.1 Å². The Morgan fingerprint density at radius 1 is 1.48 bits per heavy atom. The van der Waals surface area contributed by atoms with Gasteiger partial charge in [-0.25, -0.2) is 9.18 Å². The third kappa shape index (κ3) is 3.84. The van der Waals surface area contributed by atoms with Crippen LogP contribution in [0.3, 0.4) is 0 Å². The average molecular weight is 291 g/mol. The lowest BCUT2D eigenvalue weighted by molar-refractivity contribution is -0.131. The molecule has 1 N–H and O–H groups in total. The molecule has 1 aliphatic rings. The maximum absolute atomic E-state index is 14.1. The molecule has 4 heteroatoms. The Morgan fingerprint density at radius 3 is 3.00 bits per heavy atom. The van der Waals surface area contributed by atoms with E-state index < -0.39 is 5.97 Å². The first-order valence-corrected chi connectivity index (χ1v) is 7.59. The van der Waals surface area contributed by atoms with Crippen molar-refractivity contribution in [2.75, 3.05) is 11.4 Å². The first-order chi connectivity index (χ1) is 10.1. The van der Waals surface area contributed by atoms with E-state index in [4.69, 9.17) is 5.11 Å². The van der Waals surface area contributed by atoms with Gasteiger partial charge in [-0.2, -0.15) is 0 Å². The lowest BCUT2D eigenvalue weighted by Crippen LogP contribution is -2.40. The zero-order valence-electron chi connectivity index (χ0n) is 12.4. The molecule has 1 unspecified atom stereocenters. The molecule has 3 nitrogen and oxygen atoms in total. The minimum atomic E-state index is -1.06. The molecular formula is C17H22FNO2. The number of aliphatic carboxylic acids is 1. The Morgan fingerprint density at radius 2 is 2.29 bits per heavy atom. The SMILES string of the molecule is CCCC1CCCCN1c1cccc(F)c1/C=C/C(=O)O. The number of hydrogen-bond donors (Lipinski definition) is 1. The zero-order valence-corrected chi connectivity index (χ0v) is 12.4. The highest BCUT2D eigenvalue weighted by Gasteiger charge is 2.24. The number of rotatable bonds is 5. The van der Waals surface area contributed by atoms with E-state index in [1.54, 1.807) is 6.07 Å². The predicted molar refractivity (Wildman–Crippen MR) is 83.0 cm³/mol. The number of anilines is 1. The van der Waals surface area contributed by atoms with Gasteiger partial charge in [0.25, 0.3) is 0 Å². The molecule has 1 atom stereocenters. The molecule has 1 fully saturated rings. The van der Waals surface area contributed by atoms with E-state index in [9.17, 15) is 9.18 Å². The Labute approximate surface area is 125 Å². The predicted octanol–water partition coefficient (Wildman–Crippen LogP) is 4.08. The number of carbonyl (C=O) groups is 1. The van der Waals surface area contributed by atoms with E-state index in [1.807, 2.05) is 6.07 Å². The van der Waals surface area contributed by atoms with Gasteiger partial charge in [-0.05, 0) is 43.9 Å². The summed E-state index contributed by atoms with van der Waals surface area (Å²) >= 11 is 0. The van der Waals surface area contributed by atoms with Gasteiger partial charge in [0.1, 0.15) is 5.82 Å². The van der Waals surface area contributed by atoms with Crippen LogP contribution in [0, 0.1) is 5.82 Å². The number of halogens is 1. The van der Waals surface area contributed by atoms with Gasteiger partial charge in [0, 0.05) is 29.9 Å². The molecule has 1 aromatic rings. The normalized spacial score (nSPS) is 19.1. The average Bonchev–Trinajstić information content (AvgIpc) is 2.46. The minimum Gasteiger partial charge on any atom is -0.478 e. The lowest BCUT2D eigenvalue weighted by Gasteiger charge is -2.38. The number of benzene rings is 1. The van der Waals surface area contributed by atoms with Crippen molar-refractivity contribution in [1.82, 2.24) is 0 Å². The van der Waals surface area contributed by atoms with Crippen molar-refractivity contribution in [1.29, 1.82) is 0 Å². The van der Waals surface area contributed by atoms with Gasteiger partial charge in [0.2, 0.25) is 0 Å². The fourth-order valence-corrected chi connectivity index (χ4v) is 3.05. The summed E-state index contributed by atoms with van der Waals surface area (Å²) in [6.45, 7) is 3.06. The molecule has 0 aromatic heterocycles. The Hall–Kier alpha value is -1.84. The maximum atomic E-state index is 14.1. The summed E-state index contributed by atoms with van der Waals surface area (Å²) in [6.07, 6.45) is 7.96. The van der Waals surface area contributed by atoms with Crippen LogP contribution in [-0.2, 0) is 4.79 Å². The maximum Gasteiger partial charge on any atom is 0.328 e. The van der Waals surface area contributed by atoms with Gasteiger partial charge in [-0.15, -0.1) is 0 Å². The van der Waals surface area contributed by atoms with Crippen molar-refractivity contribution in [3.05, 3.63) is 35.7 Å². The number of carboxylic acid groups (broad SMARTS) is 1. The van der Waals surface area contributed by atoms with Crippen LogP contribution in [0.2, 0.25) is 0 Å². The van der Waals surface area contributed by atoms with Crippen LogP contribution in [0.25, 0.3) is 6.08 Å². The fraction of sp³-hybridized carbons (Fsp3) is 0.471. The Kier molecular flexibility index (Phi) is 5.37. The van der Waals surface area contributed by atoms with Crippen molar-refractivity contribution in [3.8, 4) is 0 Å².